The highest BCUT2D eigenvalue weighted by Crippen LogP contribution is 2.31. The number of anilines is 1. The summed E-state index contributed by atoms with van der Waals surface area (Å²) in [6.45, 7) is 4.78. The molecule has 2 nitrogen and oxygen atoms in total. The van der Waals surface area contributed by atoms with Crippen LogP contribution in [0.1, 0.15) is 16.7 Å². The van der Waals surface area contributed by atoms with Gasteiger partial charge in [-0.25, -0.2) is 0 Å². The molecule has 2 rings (SSSR count). The quantitative estimate of drug-likeness (QED) is 0.800. The van der Waals surface area contributed by atoms with Gasteiger partial charge in [0.2, 0.25) is 0 Å². The molecular weight excluding hydrogens is 338 g/mol. The van der Waals surface area contributed by atoms with Crippen LogP contribution in [-0.4, -0.2) is 7.11 Å². The number of hydrogen-bond acceptors (Lipinski definition) is 2. The van der Waals surface area contributed by atoms with Gasteiger partial charge < -0.3 is 10.1 Å². The van der Waals surface area contributed by atoms with Gasteiger partial charge in [-0.05, 0) is 42.7 Å². The van der Waals surface area contributed by atoms with Crippen LogP contribution in [-0.2, 0) is 6.54 Å². The Labute approximate surface area is 133 Å². The fourth-order valence-corrected chi connectivity index (χ4v) is 2.74. The van der Waals surface area contributed by atoms with E-state index >= 15 is 0 Å². The fraction of sp³-hybridized carbons (Fsp3) is 0.250. The molecular formula is C16H17BrClNO. The van der Waals surface area contributed by atoms with Gasteiger partial charge in [-0.2, -0.15) is 0 Å². The van der Waals surface area contributed by atoms with Gasteiger partial charge >= 0.3 is 0 Å². The second-order valence-electron chi connectivity index (χ2n) is 4.75. The molecule has 0 saturated carbocycles. The number of methoxy groups -OCH3 is 1. The van der Waals surface area contributed by atoms with Gasteiger partial charge in [-0.3, -0.25) is 0 Å². The molecule has 2 aromatic carbocycles. The molecule has 2 aromatic rings. The Hall–Kier alpha value is -1.19. The van der Waals surface area contributed by atoms with E-state index in [9.17, 15) is 0 Å². The third kappa shape index (κ3) is 3.47. The summed E-state index contributed by atoms with van der Waals surface area (Å²) < 4.78 is 6.47. The first-order valence-corrected chi connectivity index (χ1v) is 7.51. The van der Waals surface area contributed by atoms with E-state index in [-0.39, 0.29) is 0 Å². The molecule has 0 aliphatic rings. The summed E-state index contributed by atoms with van der Waals surface area (Å²) in [4.78, 5) is 0. The monoisotopic (exact) mass is 353 g/mol. The van der Waals surface area contributed by atoms with Crippen LogP contribution in [0.5, 0.6) is 5.75 Å². The molecule has 0 heterocycles. The van der Waals surface area contributed by atoms with Crippen LogP contribution in [0, 0.1) is 13.8 Å². The van der Waals surface area contributed by atoms with Crippen LogP contribution in [0.2, 0.25) is 5.02 Å². The van der Waals surface area contributed by atoms with Gasteiger partial charge in [0.1, 0.15) is 5.75 Å². The highest BCUT2D eigenvalue weighted by atomic mass is 79.9. The van der Waals surface area contributed by atoms with Crippen LogP contribution in [0.15, 0.2) is 34.8 Å². The summed E-state index contributed by atoms with van der Waals surface area (Å²) in [6, 6.07) is 10.2. The minimum absolute atomic E-state index is 0.712. The van der Waals surface area contributed by atoms with E-state index in [0.29, 0.717) is 5.02 Å². The zero-order valence-electron chi connectivity index (χ0n) is 11.8. The Morgan fingerprint density at radius 1 is 1.20 bits per heavy atom. The standard InChI is InChI=1S/C16H17BrClNO/c1-10-4-5-12(13(17)6-10)9-19-15-7-11(2)14(18)8-16(15)20-3/h4-8,19H,9H2,1-3H3. The molecule has 0 aromatic heterocycles. The minimum Gasteiger partial charge on any atom is -0.495 e. The third-order valence-corrected chi connectivity index (χ3v) is 4.30. The van der Waals surface area contributed by atoms with Crippen molar-refractivity contribution < 1.29 is 4.74 Å². The van der Waals surface area contributed by atoms with Crippen molar-refractivity contribution in [3.63, 3.8) is 0 Å². The molecule has 20 heavy (non-hydrogen) atoms. The van der Waals surface area contributed by atoms with E-state index in [4.69, 9.17) is 16.3 Å². The van der Waals surface area contributed by atoms with Crippen molar-refractivity contribution in [2.75, 3.05) is 12.4 Å². The van der Waals surface area contributed by atoms with Crippen molar-refractivity contribution in [3.8, 4) is 5.75 Å². The molecule has 0 aliphatic heterocycles. The predicted octanol–water partition coefficient (Wildman–Crippen LogP) is 5.34. The summed E-state index contributed by atoms with van der Waals surface area (Å²) in [5, 5.41) is 4.11. The summed E-state index contributed by atoms with van der Waals surface area (Å²) in [5.41, 5.74) is 4.41. The van der Waals surface area contributed by atoms with Crippen LogP contribution in [0.3, 0.4) is 0 Å². The molecule has 106 valence electrons. The van der Waals surface area contributed by atoms with E-state index in [1.54, 1.807) is 7.11 Å². The van der Waals surface area contributed by atoms with E-state index in [2.05, 4.69) is 46.4 Å². The smallest absolute Gasteiger partial charge is 0.143 e. The molecule has 4 heteroatoms. The second kappa shape index (κ2) is 6.51. The zero-order chi connectivity index (χ0) is 14.7. The zero-order valence-corrected chi connectivity index (χ0v) is 14.1. The van der Waals surface area contributed by atoms with E-state index in [1.165, 1.54) is 11.1 Å². The van der Waals surface area contributed by atoms with Crippen molar-refractivity contribution in [2.24, 2.45) is 0 Å². The summed E-state index contributed by atoms with van der Waals surface area (Å²) >= 11 is 9.70. The maximum atomic E-state index is 6.11. The lowest BCUT2D eigenvalue weighted by atomic mass is 10.1. The van der Waals surface area contributed by atoms with Crippen molar-refractivity contribution >= 4 is 33.2 Å². The minimum atomic E-state index is 0.712. The molecule has 0 unspecified atom stereocenters. The molecule has 0 fully saturated rings. The molecule has 0 saturated heterocycles. The maximum Gasteiger partial charge on any atom is 0.143 e. The van der Waals surface area contributed by atoms with Crippen molar-refractivity contribution in [3.05, 3.63) is 56.5 Å². The van der Waals surface area contributed by atoms with E-state index in [0.717, 1.165) is 28.0 Å². The van der Waals surface area contributed by atoms with Crippen LogP contribution in [0.25, 0.3) is 0 Å². The van der Waals surface area contributed by atoms with Crippen LogP contribution < -0.4 is 10.1 Å². The summed E-state index contributed by atoms with van der Waals surface area (Å²) in [7, 11) is 1.65. The molecule has 0 radical (unpaired) electrons. The topological polar surface area (TPSA) is 21.3 Å². The summed E-state index contributed by atoms with van der Waals surface area (Å²) in [5.74, 6) is 0.754. The SMILES string of the molecule is COc1cc(Cl)c(C)cc1NCc1ccc(C)cc1Br. The third-order valence-electron chi connectivity index (χ3n) is 3.16. The Morgan fingerprint density at radius 2 is 1.95 bits per heavy atom. The first-order chi connectivity index (χ1) is 9.51. The van der Waals surface area contributed by atoms with E-state index < -0.39 is 0 Å². The number of aryl methyl sites for hydroxylation is 2. The van der Waals surface area contributed by atoms with Gasteiger partial charge in [0.25, 0.3) is 0 Å². The Kier molecular flexibility index (Phi) is 4.95. The predicted molar refractivity (Wildman–Crippen MR) is 88.9 cm³/mol. The first-order valence-electron chi connectivity index (χ1n) is 6.34. The number of benzene rings is 2. The molecule has 0 spiro atoms. The fourth-order valence-electron chi connectivity index (χ4n) is 1.96. The van der Waals surface area contributed by atoms with E-state index in [1.807, 2.05) is 19.1 Å². The first kappa shape index (κ1) is 15.2. The molecule has 0 aliphatic carbocycles. The van der Waals surface area contributed by atoms with Crippen molar-refractivity contribution in [2.45, 2.75) is 20.4 Å². The average molecular weight is 355 g/mol. The normalized spacial score (nSPS) is 10.4. The Balaban J connectivity index is 2.20. The van der Waals surface area contributed by atoms with Crippen LogP contribution in [0.4, 0.5) is 5.69 Å². The highest BCUT2D eigenvalue weighted by Gasteiger charge is 2.07. The molecule has 1 N–H and O–H groups in total. The Bertz CT molecular complexity index is 628. The summed E-state index contributed by atoms with van der Waals surface area (Å²) in [6.07, 6.45) is 0. The highest BCUT2D eigenvalue weighted by molar-refractivity contribution is 9.10. The van der Waals surface area contributed by atoms with Gasteiger partial charge in [0.05, 0.1) is 12.8 Å². The number of ether oxygens (including phenoxy) is 1. The largest absolute Gasteiger partial charge is 0.495 e. The number of hydrogen-bond donors (Lipinski definition) is 1. The van der Waals surface area contributed by atoms with Gasteiger partial charge in [0.15, 0.2) is 0 Å². The van der Waals surface area contributed by atoms with Crippen molar-refractivity contribution in [1.82, 2.24) is 0 Å². The van der Waals surface area contributed by atoms with Gasteiger partial charge in [-0.1, -0.05) is 39.7 Å². The lowest BCUT2D eigenvalue weighted by Crippen LogP contribution is -2.02. The van der Waals surface area contributed by atoms with Gasteiger partial charge in [-0.15, -0.1) is 0 Å². The average Bonchev–Trinajstić information content (AvgIpc) is 2.41. The number of rotatable bonds is 4. The van der Waals surface area contributed by atoms with Crippen LogP contribution >= 0.6 is 27.5 Å². The molecule has 0 amide bonds. The number of halogens is 2. The lowest BCUT2D eigenvalue weighted by Gasteiger charge is -2.14. The second-order valence-corrected chi connectivity index (χ2v) is 6.01. The maximum absolute atomic E-state index is 6.11. The number of nitrogens with one attached hydrogen (secondary N) is 1. The molecule has 0 bridgehead atoms. The Morgan fingerprint density at radius 3 is 2.60 bits per heavy atom. The lowest BCUT2D eigenvalue weighted by molar-refractivity contribution is 0.416. The van der Waals surface area contributed by atoms with Gasteiger partial charge in [0, 0.05) is 22.1 Å². The molecule has 0 atom stereocenters. The van der Waals surface area contributed by atoms with Crippen molar-refractivity contribution in [1.29, 1.82) is 0 Å².